The Kier molecular flexibility index (Phi) is 5.24. The molecule has 2 rings (SSSR count). The molecule has 0 saturated carbocycles. The van der Waals surface area contributed by atoms with E-state index in [1.807, 2.05) is 0 Å². The van der Waals surface area contributed by atoms with Crippen molar-refractivity contribution < 1.29 is 17.9 Å². The minimum Gasteiger partial charge on any atom is -0.376 e. The van der Waals surface area contributed by atoms with Crippen LogP contribution >= 0.6 is 12.2 Å². The van der Waals surface area contributed by atoms with Gasteiger partial charge in [0, 0.05) is 13.2 Å². The van der Waals surface area contributed by atoms with Crippen LogP contribution in [0.3, 0.4) is 0 Å². The Hall–Kier alpha value is -1.54. The highest BCUT2D eigenvalue weighted by Crippen LogP contribution is 2.34. The van der Waals surface area contributed by atoms with E-state index in [9.17, 15) is 13.2 Å². The van der Waals surface area contributed by atoms with E-state index < -0.39 is 11.7 Å². The van der Waals surface area contributed by atoms with Crippen molar-refractivity contribution in [3.63, 3.8) is 0 Å². The van der Waals surface area contributed by atoms with Gasteiger partial charge in [0.15, 0.2) is 5.11 Å². The molecule has 0 radical (unpaired) electrons. The lowest BCUT2D eigenvalue weighted by Gasteiger charge is -2.17. The van der Waals surface area contributed by atoms with E-state index in [-0.39, 0.29) is 16.9 Å². The van der Waals surface area contributed by atoms with Gasteiger partial charge in [-0.25, -0.2) is 0 Å². The number of hydrogen-bond donors (Lipinski definition) is 3. The summed E-state index contributed by atoms with van der Waals surface area (Å²) in [6.07, 6.45) is -2.34. The molecule has 1 aromatic rings. The van der Waals surface area contributed by atoms with Gasteiger partial charge in [-0.3, -0.25) is 10.9 Å². The first-order valence-corrected chi connectivity index (χ1v) is 6.95. The van der Waals surface area contributed by atoms with Crippen molar-refractivity contribution in [3.05, 3.63) is 29.8 Å². The monoisotopic (exact) mass is 319 g/mol. The van der Waals surface area contributed by atoms with E-state index in [1.54, 1.807) is 0 Å². The molecule has 0 aliphatic carbocycles. The highest BCUT2D eigenvalue weighted by atomic mass is 32.1. The summed E-state index contributed by atoms with van der Waals surface area (Å²) in [4.78, 5) is 0. The van der Waals surface area contributed by atoms with Crippen molar-refractivity contribution in [2.24, 2.45) is 0 Å². The topological polar surface area (TPSA) is 45.3 Å². The van der Waals surface area contributed by atoms with Crippen LogP contribution in [0.4, 0.5) is 18.9 Å². The molecule has 1 atom stereocenters. The molecule has 0 unspecified atom stereocenters. The van der Waals surface area contributed by atoms with E-state index in [2.05, 4.69) is 16.2 Å². The van der Waals surface area contributed by atoms with Crippen LogP contribution in [0.1, 0.15) is 18.4 Å². The molecule has 8 heteroatoms. The van der Waals surface area contributed by atoms with Crippen molar-refractivity contribution in [2.75, 3.05) is 18.6 Å². The zero-order valence-electron chi connectivity index (χ0n) is 11.2. The second-order valence-electron chi connectivity index (χ2n) is 4.64. The Labute approximate surface area is 126 Å². The molecular weight excluding hydrogens is 303 g/mol. The number of thiocarbonyl (C=S) groups is 1. The highest BCUT2D eigenvalue weighted by molar-refractivity contribution is 7.80. The van der Waals surface area contributed by atoms with Gasteiger partial charge in [-0.1, -0.05) is 12.1 Å². The number of nitrogens with one attached hydrogen (secondary N) is 3. The summed E-state index contributed by atoms with van der Waals surface area (Å²) >= 11 is 5.00. The molecule has 1 aromatic carbocycles. The lowest BCUT2D eigenvalue weighted by Crippen LogP contribution is -2.42. The van der Waals surface area contributed by atoms with Crippen molar-refractivity contribution in [1.29, 1.82) is 0 Å². The van der Waals surface area contributed by atoms with Gasteiger partial charge in [0.25, 0.3) is 0 Å². The van der Waals surface area contributed by atoms with Crippen molar-refractivity contribution in [3.8, 4) is 0 Å². The Morgan fingerprint density at radius 1 is 1.33 bits per heavy atom. The van der Waals surface area contributed by atoms with Crippen LogP contribution in [-0.2, 0) is 10.9 Å². The summed E-state index contributed by atoms with van der Waals surface area (Å²) in [5.74, 6) is 0. The number of benzene rings is 1. The van der Waals surface area contributed by atoms with Crippen LogP contribution in [0.5, 0.6) is 0 Å². The third kappa shape index (κ3) is 4.75. The van der Waals surface area contributed by atoms with Gasteiger partial charge in [-0.15, -0.1) is 0 Å². The molecule has 1 aliphatic rings. The number of alkyl halides is 3. The van der Waals surface area contributed by atoms with E-state index in [4.69, 9.17) is 17.0 Å². The van der Waals surface area contributed by atoms with E-state index in [1.165, 1.54) is 18.2 Å². The highest BCUT2D eigenvalue weighted by Gasteiger charge is 2.33. The molecule has 1 fully saturated rings. The van der Waals surface area contributed by atoms with E-state index in [0.29, 0.717) is 6.54 Å². The molecule has 1 saturated heterocycles. The standard InChI is InChI=1S/C13H16F3N3OS/c14-13(15,16)10-5-1-2-6-11(10)18-19-12(21)17-8-9-4-3-7-20-9/h1-2,5-6,9,18H,3-4,7-8H2,(H2,17,19,21)/t9-/m1/s1. The minimum atomic E-state index is -4.42. The Morgan fingerprint density at radius 3 is 2.76 bits per heavy atom. The van der Waals surface area contributed by atoms with Crippen LogP contribution in [-0.4, -0.2) is 24.4 Å². The summed E-state index contributed by atoms with van der Waals surface area (Å²) in [5, 5.41) is 3.13. The van der Waals surface area contributed by atoms with Gasteiger partial charge in [0.2, 0.25) is 0 Å². The van der Waals surface area contributed by atoms with Gasteiger partial charge in [0.05, 0.1) is 17.4 Å². The summed E-state index contributed by atoms with van der Waals surface area (Å²) in [7, 11) is 0. The molecule has 1 aliphatic heterocycles. The number of hydrazine groups is 1. The molecule has 21 heavy (non-hydrogen) atoms. The number of halogens is 3. The lowest BCUT2D eigenvalue weighted by atomic mass is 10.2. The molecule has 116 valence electrons. The van der Waals surface area contributed by atoms with Crippen LogP contribution < -0.4 is 16.2 Å². The summed E-state index contributed by atoms with van der Waals surface area (Å²) < 4.78 is 43.8. The van der Waals surface area contributed by atoms with Gasteiger partial charge in [0.1, 0.15) is 0 Å². The quantitative estimate of drug-likeness (QED) is 0.588. The maximum Gasteiger partial charge on any atom is 0.418 e. The summed E-state index contributed by atoms with van der Waals surface area (Å²) in [6, 6.07) is 5.19. The van der Waals surface area contributed by atoms with Gasteiger partial charge < -0.3 is 10.1 Å². The Morgan fingerprint density at radius 2 is 2.10 bits per heavy atom. The maximum absolute atomic E-state index is 12.8. The second kappa shape index (κ2) is 6.95. The van der Waals surface area contributed by atoms with Crippen LogP contribution in [0.25, 0.3) is 0 Å². The Bertz CT molecular complexity index is 490. The van der Waals surface area contributed by atoms with Gasteiger partial charge in [-0.2, -0.15) is 13.2 Å². The first-order valence-electron chi connectivity index (χ1n) is 6.54. The fourth-order valence-electron chi connectivity index (χ4n) is 2.02. The minimum absolute atomic E-state index is 0.0775. The predicted octanol–water partition coefficient (Wildman–Crippen LogP) is 2.68. The fraction of sp³-hybridized carbons (Fsp3) is 0.462. The number of hydrogen-bond acceptors (Lipinski definition) is 3. The van der Waals surface area contributed by atoms with Gasteiger partial charge in [-0.05, 0) is 37.2 Å². The lowest BCUT2D eigenvalue weighted by molar-refractivity contribution is -0.137. The van der Waals surface area contributed by atoms with Gasteiger partial charge >= 0.3 is 6.18 Å². The zero-order chi connectivity index (χ0) is 15.3. The first kappa shape index (κ1) is 15.8. The Balaban J connectivity index is 1.83. The largest absolute Gasteiger partial charge is 0.418 e. The fourth-order valence-corrected chi connectivity index (χ4v) is 2.15. The van der Waals surface area contributed by atoms with E-state index in [0.717, 1.165) is 25.5 Å². The van der Waals surface area contributed by atoms with Crippen molar-refractivity contribution in [1.82, 2.24) is 10.7 Å². The number of anilines is 1. The number of ether oxygens (including phenoxy) is 1. The van der Waals surface area contributed by atoms with Crippen LogP contribution in [0.2, 0.25) is 0 Å². The molecule has 0 bridgehead atoms. The molecule has 0 aromatic heterocycles. The smallest absolute Gasteiger partial charge is 0.376 e. The zero-order valence-corrected chi connectivity index (χ0v) is 12.0. The third-order valence-electron chi connectivity index (χ3n) is 3.06. The summed E-state index contributed by atoms with van der Waals surface area (Å²) in [5.41, 5.74) is 4.20. The van der Waals surface area contributed by atoms with Crippen LogP contribution in [0.15, 0.2) is 24.3 Å². The SMILES string of the molecule is FC(F)(F)c1ccccc1NNC(=S)NC[C@H]1CCCO1. The first-order chi connectivity index (χ1) is 9.97. The molecule has 1 heterocycles. The van der Waals surface area contributed by atoms with Crippen molar-refractivity contribution >= 4 is 23.0 Å². The molecular formula is C13H16F3N3OS. The molecule has 0 amide bonds. The normalized spacial score (nSPS) is 18.3. The average molecular weight is 319 g/mol. The van der Waals surface area contributed by atoms with E-state index >= 15 is 0 Å². The molecule has 0 spiro atoms. The van der Waals surface area contributed by atoms with Crippen LogP contribution in [0, 0.1) is 0 Å². The second-order valence-corrected chi connectivity index (χ2v) is 5.05. The molecule has 3 N–H and O–H groups in total. The number of para-hydroxylation sites is 1. The predicted molar refractivity (Wildman–Crippen MR) is 77.8 cm³/mol. The summed E-state index contributed by atoms with van der Waals surface area (Å²) in [6.45, 7) is 1.28. The van der Waals surface area contributed by atoms with Crippen molar-refractivity contribution in [2.45, 2.75) is 25.1 Å². The third-order valence-corrected chi connectivity index (χ3v) is 3.30. The molecule has 4 nitrogen and oxygen atoms in total. The average Bonchev–Trinajstić information content (AvgIpc) is 2.95. The maximum atomic E-state index is 12.8. The number of rotatable bonds is 4.